The normalized spacial score (nSPS) is 11.1. The smallest absolute Gasteiger partial charge is 0.319 e. The lowest BCUT2D eigenvalue weighted by molar-refractivity contribution is -0.137. The average molecular weight is 496 g/mol. The summed E-state index contributed by atoms with van der Waals surface area (Å²) in [5.41, 5.74) is 7.04. The number of amides is 1. The summed E-state index contributed by atoms with van der Waals surface area (Å²) in [5.74, 6) is -2.20. The van der Waals surface area contributed by atoms with Gasteiger partial charge in [0.25, 0.3) is 5.91 Å². The van der Waals surface area contributed by atoms with Gasteiger partial charge in [0.05, 0.1) is 40.9 Å². The van der Waals surface area contributed by atoms with E-state index >= 15 is 0 Å². The number of nitrogens with one attached hydrogen (secondary N) is 1. The first kappa shape index (κ1) is 24.4. The van der Waals surface area contributed by atoms with E-state index in [-0.39, 0.29) is 35.5 Å². The summed E-state index contributed by atoms with van der Waals surface area (Å²) in [6.45, 7) is -0.147. The van der Waals surface area contributed by atoms with E-state index in [1.165, 1.54) is 30.2 Å². The van der Waals surface area contributed by atoms with Crippen LogP contribution in [0.3, 0.4) is 0 Å². The molecular formula is C23H16F4N8O. The molecule has 0 unspecified atom stereocenters. The molecule has 182 valence electrons. The summed E-state index contributed by atoms with van der Waals surface area (Å²) in [6.07, 6.45) is -2.20. The Morgan fingerprint density at radius 3 is 2.58 bits per heavy atom. The lowest BCUT2D eigenvalue weighted by atomic mass is 9.99. The first-order valence-corrected chi connectivity index (χ1v) is 10.3. The molecule has 2 aromatic carbocycles. The van der Waals surface area contributed by atoms with E-state index in [1.54, 1.807) is 30.3 Å². The zero-order chi connectivity index (χ0) is 25.9. The van der Waals surface area contributed by atoms with Crippen LogP contribution in [0.1, 0.15) is 21.7 Å². The third kappa shape index (κ3) is 5.15. The number of rotatable bonds is 6. The minimum absolute atomic E-state index is 0.0745. The molecule has 0 bridgehead atoms. The van der Waals surface area contributed by atoms with Gasteiger partial charge in [-0.15, -0.1) is 0 Å². The molecular weight excluding hydrogens is 480 g/mol. The Morgan fingerprint density at radius 1 is 1.19 bits per heavy atom. The molecule has 9 nitrogen and oxygen atoms in total. The lowest BCUT2D eigenvalue weighted by Crippen LogP contribution is -2.17. The van der Waals surface area contributed by atoms with Crippen molar-refractivity contribution in [2.45, 2.75) is 12.7 Å². The standard InChI is InChI=1S/C23H16F4N8O/c1-35-8-7-18(33-35)14-9-15(17(24)10-16(14)23(25,26)27)22(36)31-19-11-29-20(12-30-34-28)32-21(19)13-5-3-2-4-6-13/h2-11H,12H2,1H3,(H,31,36). The second-order valence-electron chi connectivity index (χ2n) is 7.51. The van der Waals surface area contributed by atoms with Crippen molar-refractivity contribution in [1.82, 2.24) is 19.7 Å². The molecule has 2 aromatic heterocycles. The number of benzene rings is 2. The highest BCUT2D eigenvalue weighted by Crippen LogP contribution is 2.38. The van der Waals surface area contributed by atoms with Gasteiger partial charge in [0.15, 0.2) is 0 Å². The molecule has 2 heterocycles. The van der Waals surface area contributed by atoms with Gasteiger partial charge in [0.1, 0.15) is 11.6 Å². The maximum absolute atomic E-state index is 14.8. The van der Waals surface area contributed by atoms with Crippen LogP contribution in [0, 0.1) is 5.82 Å². The van der Waals surface area contributed by atoms with Crippen LogP contribution in [0.25, 0.3) is 33.0 Å². The van der Waals surface area contributed by atoms with E-state index in [4.69, 9.17) is 5.53 Å². The van der Waals surface area contributed by atoms with Gasteiger partial charge < -0.3 is 5.32 Å². The number of halogens is 4. The summed E-state index contributed by atoms with van der Waals surface area (Å²) in [7, 11) is 1.52. The summed E-state index contributed by atoms with van der Waals surface area (Å²) in [6, 6.07) is 11.0. The molecule has 0 saturated carbocycles. The van der Waals surface area contributed by atoms with Gasteiger partial charge in [-0.1, -0.05) is 35.4 Å². The van der Waals surface area contributed by atoms with E-state index < -0.39 is 34.6 Å². The molecule has 1 amide bonds. The Kier molecular flexibility index (Phi) is 6.66. The van der Waals surface area contributed by atoms with Crippen molar-refractivity contribution in [1.29, 1.82) is 0 Å². The van der Waals surface area contributed by atoms with Gasteiger partial charge in [-0.25, -0.2) is 14.4 Å². The minimum Gasteiger partial charge on any atom is -0.319 e. The van der Waals surface area contributed by atoms with Crippen molar-refractivity contribution in [2.24, 2.45) is 12.2 Å². The molecule has 0 aliphatic carbocycles. The number of azide groups is 1. The Labute approximate surface area is 201 Å². The number of carbonyl (C=O) groups is 1. The van der Waals surface area contributed by atoms with Gasteiger partial charge >= 0.3 is 6.18 Å². The van der Waals surface area contributed by atoms with Crippen LogP contribution in [0.5, 0.6) is 0 Å². The molecule has 0 saturated heterocycles. The zero-order valence-electron chi connectivity index (χ0n) is 18.5. The van der Waals surface area contributed by atoms with Crippen LogP contribution < -0.4 is 5.32 Å². The van der Waals surface area contributed by atoms with Crippen LogP contribution in [0.15, 0.2) is 66.0 Å². The van der Waals surface area contributed by atoms with E-state index in [9.17, 15) is 22.4 Å². The van der Waals surface area contributed by atoms with Crippen molar-refractivity contribution in [3.63, 3.8) is 0 Å². The highest BCUT2D eigenvalue weighted by molar-refractivity contribution is 6.06. The van der Waals surface area contributed by atoms with Crippen LogP contribution in [0.4, 0.5) is 23.2 Å². The van der Waals surface area contributed by atoms with Crippen molar-refractivity contribution >= 4 is 11.6 Å². The van der Waals surface area contributed by atoms with Crippen molar-refractivity contribution in [2.75, 3.05) is 5.32 Å². The highest BCUT2D eigenvalue weighted by atomic mass is 19.4. The van der Waals surface area contributed by atoms with Gasteiger partial charge in [-0.2, -0.15) is 18.3 Å². The number of hydrogen-bond donors (Lipinski definition) is 1. The van der Waals surface area contributed by atoms with Gasteiger partial charge in [-0.05, 0) is 23.7 Å². The number of aromatic nitrogens is 4. The predicted octanol–water partition coefficient (Wildman–Crippen LogP) is 5.76. The molecule has 1 N–H and O–H groups in total. The van der Waals surface area contributed by atoms with Crippen LogP contribution in [-0.2, 0) is 19.8 Å². The first-order chi connectivity index (χ1) is 17.2. The fourth-order valence-electron chi connectivity index (χ4n) is 3.44. The fraction of sp³-hybridized carbons (Fsp3) is 0.130. The fourth-order valence-corrected chi connectivity index (χ4v) is 3.44. The Bertz CT molecular complexity index is 1480. The predicted molar refractivity (Wildman–Crippen MR) is 122 cm³/mol. The molecule has 0 atom stereocenters. The minimum atomic E-state index is -4.88. The van der Waals surface area contributed by atoms with Crippen molar-refractivity contribution < 1.29 is 22.4 Å². The van der Waals surface area contributed by atoms with Crippen LogP contribution in [-0.4, -0.2) is 25.7 Å². The number of carbonyl (C=O) groups excluding carboxylic acids is 1. The molecule has 0 spiro atoms. The molecule has 4 rings (SSSR count). The maximum atomic E-state index is 14.8. The number of hydrogen-bond acceptors (Lipinski definition) is 5. The number of nitrogens with zero attached hydrogens (tertiary/aromatic N) is 7. The summed E-state index contributed by atoms with van der Waals surface area (Å²) >= 11 is 0. The third-order valence-corrected chi connectivity index (χ3v) is 5.06. The van der Waals surface area contributed by atoms with E-state index in [1.807, 2.05) is 0 Å². The first-order valence-electron chi connectivity index (χ1n) is 10.3. The summed E-state index contributed by atoms with van der Waals surface area (Å²) in [4.78, 5) is 24.1. The molecule has 0 fully saturated rings. The second kappa shape index (κ2) is 9.84. The van der Waals surface area contributed by atoms with Gasteiger partial charge in [0, 0.05) is 29.3 Å². The molecule has 4 aromatic rings. The van der Waals surface area contributed by atoms with Crippen molar-refractivity contribution in [3.8, 4) is 22.5 Å². The van der Waals surface area contributed by atoms with E-state index in [2.05, 4.69) is 30.4 Å². The molecule has 0 radical (unpaired) electrons. The molecule has 13 heteroatoms. The van der Waals surface area contributed by atoms with Crippen molar-refractivity contribution in [3.05, 3.63) is 94.1 Å². The Hall–Kier alpha value is -4.77. The number of aryl methyl sites for hydroxylation is 1. The Balaban J connectivity index is 1.77. The Morgan fingerprint density at radius 2 is 1.94 bits per heavy atom. The van der Waals surface area contributed by atoms with Crippen LogP contribution >= 0.6 is 0 Å². The average Bonchev–Trinajstić information content (AvgIpc) is 3.29. The topological polar surface area (TPSA) is 121 Å². The lowest BCUT2D eigenvalue weighted by Gasteiger charge is -2.15. The second-order valence-corrected chi connectivity index (χ2v) is 7.51. The summed E-state index contributed by atoms with van der Waals surface area (Å²) < 4.78 is 56.9. The number of anilines is 1. The van der Waals surface area contributed by atoms with E-state index in [0.29, 0.717) is 5.56 Å². The summed E-state index contributed by atoms with van der Waals surface area (Å²) in [5, 5.41) is 9.86. The monoisotopic (exact) mass is 496 g/mol. The zero-order valence-corrected chi connectivity index (χ0v) is 18.5. The third-order valence-electron chi connectivity index (χ3n) is 5.06. The van der Waals surface area contributed by atoms with E-state index in [0.717, 1.165) is 6.07 Å². The molecule has 36 heavy (non-hydrogen) atoms. The molecule has 0 aliphatic rings. The molecule has 0 aliphatic heterocycles. The highest BCUT2D eigenvalue weighted by Gasteiger charge is 2.36. The maximum Gasteiger partial charge on any atom is 0.417 e. The van der Waals surface area contributed by atoms with Gasteiger partial charge in [0.2, 0.25) is 0 Å². The SMILES string of the molecule is Cn1ccc(-c2cc(C(=O)Nc3cnc(CN=[N+]=[N-])nc3-c3ccccc3)c(F)cc2C(F)(F)F)n1. The largest absolute Gasteiger partial charge is 0.417 e. The number of alkyl halides is 3. The van der Waals surface area contributed by atoms with Gasteiger partial charge in [-0.3, -0.25) is 9.48 Å². The van der Waals surface area contributed by atoms with Crippen LogP contribution in [0.2, 0.25) is 0 Å². The quantitative estimate of drug-likeness (QED) is 0.158.